The van der Waals surface area contributed by atoms with Crippen molar-refractivity contribution in [2.45, 2.75) is 13.3 Å². The molecule has 0 aliphatic heterocycles. The molecule has 68 valence electrons. The third kappa shape index (κ3) is 8.86. The van der Waals surface area contributed by atoms with E-state index in [1.165, 1.54) is 6.92 Å². The normalized spacial score (nSPS) is 10.3. The monoisotopic (exact) mass is 166 g/mol. The Kier molecular flexibility index (Phi) is 10.4. The molecule has 0 saturated heterocycles. The molecule has 0 aromatic carbocycles. The Bertz CT molecular complexity index is 136. The van der Waals surface area contributed by atoms with Gasteiger partial charge in [0.05, 0.1) is 0 Å². The van der Waals surface area contributed by atoms with Crippen LogP contribution in [0.15, 0.2) is 0 Å². The van der Waals surface area contributed by atoms with E-state index in [0.717, 1.165) is 0 Å². The minimum atomic E-state index is -1.37. The second kappa shape index (κ2) is 6.97. The van der Waals surface area contributed by atoms with Crippen molar-refractivity contribution in [3.63, 3.8) is 0 Å². The first-order valence-corrected chi connectivity index (χ1v) is 2.44. The maximum Gasteiger partial charge on any atom is 0.0446 e. The second-order valence-electron chi connectivity index (χ2n) is 1.80. The Morgan fingerprint density at radius 3 is 1.73 bits per heavy atom. The van der Waals surface area contributed by atoms with Crippen LogP contribution in [0.5, 0.6) is 0 Å². The van der Waals surface area contributed by atoms with Gasteiger partial charge >= 0.3 is 0 Å². The summed E-state index contributed by atoms with van der Waals surface area (Å²) in [6.45, 7) is 1.26. The van der Waals surface area contributed by atoms with Crippen molar-refractivity contribution in [3.05, 3.63) is 0 Å². The molecule has 0 aromatic heterocycles. The molecule has 0 aromatic rings. The van der Waals surface area contributed by atoms with Crippen LogP contribution in [0.25, 0.3) is 0 Å². The lowest BCUT2D eigenvalue weighted by Gasteiger charge is -2.11. The molecule has 0 aliphatic carbocycles. The fourth-order valence-corrected chi connectivity index (χ4v) is 0.333. The minimum Gasteiger partial charge on any atom is -0.550 e. The Morgan fingerprint density at radius 1 is 1.27 bits per heavy atom. The average molecular weight is 166 g/mol. The molecule has 0 spiro atoms. The van der Waals surface area contributed by atoms with Gasteiger partial charge in [-0.3, -0.25) is 0 Å². The third-order valence-electron chi connectivity index (χ3n) is 0.875. The summed E-state index contributed by atoms with van der Waals surface area (Å²) >= 11 is 0. The van der Waals surface area contributed by atoms with Crippen molar-refractivity contribution in [1.29, 1.82) is 0 Å². The molecule has 0 fully saturated rings. The van der Waals surface area contributed by atoms with Crippen LogP contribution in [-0.4, -0.2) is 11.9 Å². The number of carbonyl (C=O) groups excluding carboxylic acids is 2. The SMILES string of the molecule is CC(CC(=O)[O-])C(=O)[O-].[NH4+].[NH4+]. The molecule has 0 amide bonds. The summed E-state index contributed by atoms with van der Waals surface area (Å²) in [6.07, 6.45) is -0.484. The first-order chi connectivity index (χ1) is 4.04. The number of hydrogen-bond donors (Lipinski definition) is 2. The van der Waals surface area contributed by atoms with Gasteiger partial charge in [0, 0.05) is 17.9 Å². The average Bonchev–Trinajstić information content (AvgIpc) is 1.63. The van der Waals surface area contributed by atoms with Gasteiger partial charge < -0.3 is 32.1 Å². The molecule has 0 bridgehead atoms. The molecule has 6 nitrogen and oxygen atoms in total. The molecule has 8 N–H and O–H groups in total. The van der Waals surface area contributed by atoms with Crippen LogP contribution in [-0.2, 0) is 9.59 Å². The zero-order chi connectivity index (χ0) is 7.44. The lowest BCUT2D eigenvalue weighted by molar-refractivity contribution is -0.320. The second-order valence-corrected chi connectivity index (χ2v) is 1.80. The zero-order valence-electron chi connectivity index (χ0n) is 6.92. The van der Waals surface area contributed by atoms with Crippen molar-refractivity contribution in [2.75, 3.05) is 0 Å². The smallest absolute Gasteiger partial charge is 0.0446 e. The minimum absolute atomic E-state index is 0. The summed E-state index contributed by atoms with van der Waals surface area (Å²) in [5.41, 5.74) is 0. The summed E-state index contributed by atoms with van der Waals surface area (Å²) < 4.78 is 0. The highest BCUT2D eigenvalue weighted by Crippen LogP contribution is 1.96. The molecule has 1 unspecified atom stereocenters. The predicted octanol–water partition coefficient (Wildman–Crippen LogP) is -1.74. The molecule has 0 radical (unpaired) electrons. The largest absolute Gasteiger partial charge is 0.550 e. The van der Waals surface area contributed by atoms with Crippen LogP contribution in [0.3, 0.4) is 0 Å². The molecular formula is C5H14N2O4. The first-order valence-electron chi connectivity index (χ1n) is 2.44. The fourth-order valence-electron chi connectivity index (χ4n) is 0.333. The summed E-state index contributed by atoms with van der Waals surface area (Å²) in [7, 11) is 0. The van der Waals surface area contributed by atoms with Gasteiger partial charge in [-0.1, -0.05) is 6.92 Å². The molecular weight excluding hydrogens is 152 g/mol. The Morgan fingerprint density at radius 2 is 1.64 bits per heavy atom. The molecule has 6 heteroatoms. The van der Waals surface area contributed by atoms with Gasteiger partial charge in [-0.2, -0.15) is 0 Å². The van der Waals surface area contributed by atoms with Gasteiger partial charge in [0.15, 0.2) is 0 Å². The van der Waals surface area contributed by atoms with Crippen molar-refractivity contribution in [1.82, 2.24) is 12.3 Å². The molecule has 0 heterocycles. The van der Waals surface area contributed by atoms with Crippen molar-refractivity contribution >= 4 is 11.9 Å². The Labute approximate surface area is 64.4 Å². The maximum absolute atomic E-state index is 9.83. The van der Waals surface area contributed by atoms with E-state index in [1.807, 2.05) is 0 Å². The maximum atomic E-state index is 9.83. The molecule has 0 saturated carbocycles. The van der Waals surface area contributed by atoms with E-state index in [0.29, 0.717) is 0 Å². The van der Waals surface area contributed by atoms with Gasteiger partial charge in [0.1, 0.15) is 0 Å². The van der Waals surface area contributed by atoms with Crippen LogP contribution in [0.4, 0.5) is 0 Å². The lowest BCUT2D eigenvalue weighted by Crippen LogP contribution is -2.34. The molecule has 0 rings (SSSR count). The van der Waals surface area contributed by atoms with Crippen molar-refractivity contribution in [2.24, 2.45) is 5.92 Å². The van der Waals surface area contributed by atoms with Gasteiger partial charge in [0.2, 0.25) is 0 Å². The number of quaternary nitrogens is 2. The standard InChI is InChI=1S/C5H8O4.2H3N/c1-3(5(8)9)2-4(6)7;;/h3H,2H2,1H3,(H,6,7)(H,8,9);2*1H3. The van der Waals surface area contributed by atoms with Crippen LogP contribution < -0.4 is 22.5 Å². The van der Waals surface area contributed by atoms with Gasteiger partial charge in [-0.15, -0.1) is 0 Å². The van der Waals surface area contributed by atoms with Crippen LogP contribution >= 0.6 is 0 Å². The number of hydrogen-bond acceptors (Lipinski definition) is 4. The summed E-state index contributed by atoms with van der Waals surface area (Å²) in [5, 5.41) is 19.5. The van der Waals surface area contributed by atoms with E-state index < -0.39 is 24.3 Å². The highest BCUT2D eigenvalue weighted by Gasteiger charge is 2.00. The number of carbonyl (C=O) groups is 2. The predicted molar refractivity (Wildman–Crippen MR) is 35.8 cm³/mol. The number of aliphatic carboxylic acids is 2. The van der Waals surface area contributed by atoms with Crippen LogP contribution in [0, 0.1) is 5.92 Å². The topological polar surface area (TPSA) is 153 Å². The van der Waals surface area contributed by atoms with Gasteiger partial charge in [0.25, 0.3) is 0 Å². The van der Waals surface area contributed by atoms with Crippen molar-refractivity contribution in [3.8, 4) is 0 Å². The molecule has 1 atom stereocenters. The summed E-state index contributed by atoms with van der Waals surface area (Å²) in [5.74, 6) is -3.69. The van der Waals surface area contributed by atoms with Crippen molar-refractivity contribution < 1.29 is 19.8 Å². The van der Waals surface area contributed by atoms with E-state index >= 15 is 0 Å². The van der Waals surface area contributed by atoms with Crippen LogP contribution in [0.1, 0.15) is 13.3 Å². The Balaban J connectivity index is -0.000000320. The molecule has 11 heavy (non-hydrogen) atoms. The van der Waals surface area contributed by atoms with Gasteiger partial charge in [-0.25, -0.2) is 0 Å². The summed E-state index contributed by atoms with van der Waals surface area (Å²) in [4.78, 5) is 19.5. The van der Waals surface area contributed by atoms with Crippen LogP contribution in [0.2, 0.25) is 0 Å². The van der Waals surface area contributed by atoms with E-state index in [2.05, 4.69) is 0 Å². The Hall–Kier alpha value is -1.14. The van der Waals surface area contributed by atoms with E-state index in [9.17, 15) is 19.8 Å². The first kappa shape index (κ1) is 16.4. The summed E-state index contributed by atoms with van der Waals surface area (Å²) in [6, 6.07) is 0. The van der Waals surface area contributed by atoms with Gasteiger partial charge in [-0.05, 0) is 6.42 Å². The zero-order valence-corrected chi connectivity index (χ0v) is 6.92. The number of carboxylic acids is 2. The van der Waals surface area contributed by atoms with E-state index in [1.54, 1.807) is 0 Å². The molecule has 0 aliphatic rings. The quantitative estimate of drug-likeness (QED) is 0.510. The number of carboxylic acid groups (broad SMARTS) is 2. The van der Waals surface area contributed by atoms with E-state index in [4.69, 9.17) is 0 Å². The highest BCUT2D eigenvalue weighted by molar-refractivity contribution is 5.74. The third-order valence-corrected chi connectivity index (χ3v) is 0.875. The number of rotatable bonds is 3. The highest BCUT2D eigenvalue weighted by atomic mass is 16.4. The lowest BCUT2D eigenvalue weighted by atomic mass is 10.1. The van der Waals surface area contributed by atoms with E-state index in [-0.39, 0.29) is 12.3 Å². The fraction of sp³-hybridized carbons (Fsp3) is 0.600.